The first-order valence-corrected chi connectivity index (χ1v) is 7.83. The highest BCUT2D eigenvalue weighted by Gasteiger charge is 2.04. The van der Waals surface area contributed by atoms with E-state index < -0.39 is 0 Å². The summed E-state index contributed by atoms with van der Waals surface area (Å²) in [6, 6.07) is 0. The molecule has 0 spiro atoms. The van der Waals surface area contributed by atoms with Crippen LogP contribution in [-0.4, -0.2) is 17.2 Å². The minimum Gasteiger partial charge on any atom is -0.339 e. The second-order valence-corrected chi connectivity index (χ2v) is 5.21. The van der Waals surface area contributed by atoms with Gasteiger partial charge >= 0.3 is 0 Å². The standard InChI is InChI=1S/C15H29N3O/c1-3-4-5-6-7-8-9-10-11-12-15-17-14(13-16-2)18-19-15/h16H,3-13H2,1-2H3. The molecular weight excluding hydrogens is 238 g/mol. The SMILES string of the molecule is CCCCCCCCCCCc1nc(CNC)no1. The molecule has 4 nitrogen and oxygen atoms in total. The fourth-order valence-electron chi connectivity index (χ4n) is 2.21. The normalized spacial score (nSPS) is 11.1. The number of hydrogen-bond donors (Lipinski definition) is 1. The molecular formula is C15H29N3O. The summed E-state index contributed by atoms with van der Waals surface area (Å²) in [6.45, 7) is 2.95. The third kappa shape index (κ3) is 7.98. The van der Waals surface area contributed by atoms with Crippen LogP contribution in [0.4, 0.5) is 0 Å². The van der Waals surface area contributed by atoms with E-state index in [9.17, 15) is 0 Å². The zero-order chi connectivity index (χ0) is 13.8. The fraction of sp³-hybridized carbons (Fsp3) is 0.867. The summed E-state index contributed by atoms with van der Waals surface area (Å²) < 4.78 is 5.19. The third-order valence-electron chi connectivity index (χ3n) is 3.34. The van der Waals surface area contributed by atoms with Gasteiger partial charge in [-0.2, -0.15) is 4.98 Å². The van der Waals surface area contributed by atoms with Crippen molar-refractivity contribution >= 4 is 0 Å². The van der Waals surface area contributed by atoms with Crippen molar-refractivity contribution in [3.8, 4) is 0 Å². The number of nitrogens with one attached hydrogen (secondary N) is 1. The highest BCUT2D eigenvalue weighted by molar-refractivity contribution is 4.85. The van der Waals surface area contributed by atoms with E-state index in [0.29, 0.717) is 6.54 Å². The van der Waals surface area contributed by atoms with Crippen LogP contribution in [-0.2, 0) is 13.0 Å². The zero-order valence-electron chi connectivity index (χ0n) is 12.6. The van der Waals surface area contributed by atoms with Crippen molar-refractivity contribution in [1.29, 1.82) is 0 Å². The fourth-order valence-corrected chi connectivity index (χ4v) is 2.21. The number of aryl methyl sites for hydroxylation is 1. The van der Waals surface area contributed by atoms with Crippen molar-refractivity contribution in [2.24, 2.45) is 0 Å². The lowest BCUT2D eigenvalue weighted by molar-refractivity contribution is 0.367. The number of unbranched alkanes of at least 4 members (excludes halogenated alkanes) is 8. The van der Waals surface area contributed by atoms with Gasteiger partial charge in [-0.1, -0.05) is 63.4 Å². The Morgan fingerprint density at radius 1 is 0.947 bits per heavy atom. The second kappa shape index (κ2) is 11.0. The van der Waals surface area contributed by atoms with Crippen LogP contribution in [0.1, 0.15) is 76.4 Å². The Hall–Kier alpha value is -0.900. The molecule has 0 saturated carbocycles. The van der Waals surface area contributed by atoms with E-state index in [1.165, 1.54) is 51.4 Å². The lowest BCUT2D eigenvalue weighted by Gasteiger charge is -2.00. The quantitative estimate of drug-likeness (QED) is 0.584. The molecule has 1 N–H and O–H groups in total. The van der Waals surface area contributed by atoms with Gasteiger partial charge in [-0.05, 0) is 13.5 Å². The number of rotatable bonds is 12. The number of aromatic nitrogens is 2. The van der Waals surface area contributed by atoms with Gasteiger partial charge in [0, 0.05) is 6.42 Å². The number of hydrogen-bond acceptors (Lipinski definition) is 4. The van der Waals surface area contributed by atoms with Crippen molar-refractivity contribution in [1.82, 2.24) is 15.5 Å². The Morgan fingerprint density at radius 3 is 2.21 bits per heavy atom. The molecule has 19 heavy (non-hydrogen) atoms. The molecule has 0 amide bonds. The third-order valence-corrected chi connectivity index (χ3v) is 3.34. The summed E-state index contributed by atoms with van der Waals surface area (Å²) in [5, 5.41) is 6.93. The van der Waals surface area contributed by atoms with Crippen LogP contribution >= 0.6 is 0 Å². The molecule has 0 aliphatic carbocycles. The van der Waals surface area contributed by atoms with E-state index in [4.69, 9.17) is 4.52 Å². The topological polar surface area (TPSA) is 51.0 Å². The second-order valence-electron chi connectivity index (χ2n) is 5.21. The molecule has 1 aromatic rings. The van der Waals surface area contributed by atoms with Crippen molar-refractivity contribution in [3.63, 3.8) is 0 Å². The lowest BCUT2D eigenvalue weighted by atomic mass is 10.1. The summed E-state index contributed by atoms with van der Waals surface area (Å²) in [5.74, 6) is 1.54. The average Bonchev–Trinajstić information content (AvgIpc) is 2.85. The molecule has 0 aliphatic rings. The van der Waals surface area contributed by atoms with E-state index in [0.717, 1.165) is 24.6 Å². The zero-order valence-corrected chi connectivity index (χ0v) is 12.6. The summed E-state index contributed by atoms with van der Waals surface area (Å²) in [6.07, 6.45) is 13.0. The van der Waals surface area contributed by atoms with Crippen molar-refractivity contribution in [2.75, 3.05) is 7.05 Å². The van der Waals surface area contributed by atoms with E-state index >= 15 is 0 Å². The van der Waals surface area contributed by atoms with Gasteiger partial charge in [0.05, 0.1) is 6.54 Å². The molecule has 4 heteroatoms. The molecule has 0 aliphatic heterocycles. The molecule has 1 aromatic heterocycles. The molecule has 0 fully saturated rings. The van der Waals surface area contributed by atoms with Crippen LogP contribution in [0.5, 0.6) is 0 Å². The first-order chi connectivity index (χ1) is 9.36. The van der Waals surface area contributed by atoms with Gasteiger partial charge in [0.1, 0.15) is 0 Å². The van der Waals surface area contributed by atoms with Crippen LogP contribution in [0.3, 0.4) is 0 Å². The molecule has 0 aromatic carbocycles. The summed E-state index contributed by atoms with van der Waals surface area (Å²) >= 11 is 0. The Bertz CT molecular complexity index is 312. The lowest BCUT2D eigenvalue weighted by Crippen LogP contribution is -2.06. The van der Waals surface area contributed by atoms with E-state index in [2.05, 4.69) is 22.4 Å². The van der Waals surface area contributed by atoms with Crippen LogP contribution in [0, 0.1) is 0 Å². The van der Waals surface area contributed by atoms with Gasteiger partial charge in [0.2, 0.25) is 5.89 Å². The maximum Gasteiger partial charge on any atom is 0.226 e. The molecule has 1 rings (SSSR count). The molecule has 0 radical (unpaired) electrons. The molecule has 0 bridgehead atoms. The minimum atomic E-state index is 0.682. The van der Waals surface area contributed by atoms with E-state index in [-0.39, 0.29) is 0 Å². The van der Waals surface area contributed by atoms with E-state index in [1.807, 2.05) is 7.05 Å². The van der Waals surface area contributed by atoms with E-state index in [1.54, 1.807) is 0 Å². The molecule has 0 saturated heterocycles. The minimum absolute atomic E-state index is 0.682. The van der Waals surface area contributed by atoms with Crippen molar-refractivity contribution < 1.29 is 4.52 Å². The van der Waals surface area contributed by atoms with Crippen LogP contribution in [0.15, 0.2) is 4.52 Å². The Kier molecular flexibility index (Phi) is 9.33. The van der Waals surface area contributed by atoms with Crippen molar-refractivity contribution in [2.45, 2.75) is 77.7 Å². The Balaban J connectivity index is 1.92. The smallest absolute Gasteiger partial charge is 0.226 e. The monoisotopic (exact) mass is 267 g/mol. The molecule has 1 heterocycles. The molecule has 110 valence electrons. The van der Waals surface area contributed by atoms with Gasteiger partial charge in [0.25, 0.3) is 0 Å². The number of nitrogens with zero attached hydrogens (tertiary/aromatic N) is 2. The summed E-state index contributed by atoms with van der Waals surface area (Å²) in [7, 11) is 1.89. The van der Waals surface area contributed by atoms with Gasteiger partial charge < -0.3 is 9.84 Å². The molecule has 0 atom stereocenters. The summed E-state index contributed by atoms with van der Waals surface area (Å²) in [5.41, 5.74) is 0. The first-order valence-electron chi connectivity index (χ1n) is 7.83. The van der Waals surface area contributed by atoms with Gasteiger partial charge in [0.15, 0.2) is 5.82 Å². The predicted molar refractivity (Wildman–Crippen MR) is 78.0 cm³/mol. The predicted octanol–water partition coefficient (Wildman–Crippen LogP) is 3.86. The van der Waals surface area contributed by atoms with Crippen LogP contribution in [0.25, 0.3) is 0 Å². The first kappa shape index (κ1) is 16.2. The summed E-state index contributed by atoms with van der Waals surface area (Å²) in [4.78, 5) is 4.33. The Morgan fingerprint density at radius 2 is 1.58 bits per heavy atom. The highest BCUT2D eigenvalue weighted by Crippen LogP contribution is 2.11. The van der Waals surface area contributed by atoms with Crippen LogP contribution in [0.2, 0.25) is 0 Å². The maximum absolute atomic E-state index is 5.19. The van der Waals surface area contributed by atoms with Gasteiger partial charge in [-0.25, -0.2) is 0 Å². The Labute approximate surface area is 117 Å². The highest BCUT2D eigenvalue weighted by atomic mass is 16.5. The average molecular weight is 267 g/mol. The van der Waals surface area contributed by atoms with Gasteiger partial charge in [-0.3, -0.25) is 0 Å². The largest absolute Gasteiger partial charge is 0.339 e. The van der Waals surface area contributed by atoms with Crippen molar-refractivity contribution in [3.05, 3.63) is 11.7 Å². The van der Waals surface area contributed by atoms with Gasteiger partial charge in [-0.15, -0.1) is 0 Å². The molecule has 0 unspecified atom stereocenters. The van der Waals surface area contributed by atoms with Crippen LogP contribution < -0.4 is 5.32 Å². The maximum atomic E-state index is 5.19.